The SMILES string of the molecule is CN=C(NCCCn1cccn1)NCC(CO)c1ccccc1.I. The number of aryl methyl sites for hydroxylation is 1. The fourth-order valence-corrected chi connectivity index (χ4v) is 2.33. The Morgan fingerprint density at radius 3 is 2.67 bits per heavy atom. The van der Waals surface area contributed by atoms with Crippen molar-refractivity contribution in [1.29, 1.82) is 0 Å². The van der Waals surface area contributed by atoms with Gasteiger partial charge in [0.05, 0.1) is 6.61 Å². The Kier molecular flexibility index (Phi) is 10.1. The van der Waals surface area contributed by atoms with E-state index in [4.69, 9.17) is 0 Å². The highest BCUT2D eigenvalue weighted by molar-refractivity contribution is 14.0. The molecule has 0 bridgehead atoms. The van der Waals surface area contributed by atoms with Crippen molar-refractivity contribution in [2.45, 2.75) is 18.9 Å². The van der Waals surface area contributed by atoms with E-state index in [1.807, 2.05) is 47.3 Å². The van der Waals surface area contributed by atoms with Crippen LogP contribution in [0.25, 0.3) is 0 Å². The maximum Gasteiger partial charge on any atom is 0.191 e. The maximum atomic E-state index is 9.57. The van der Waals surface area contributed by atoms with Crippen LogP contribution in [0.4, 0.5) is 0 Å². The van der Waals surface area contributed by atoms with Gasteiger partial charge < -0.3 is 15.7 Å². The standard InChI is InChI=1S/C17H25N5O.HI/c1-18-17(19-9-5-11-22-12-6-10-21-22)20-13-16(14-23)15-7-3-2-4-8-15;/h2-4,6-8,10,12,16,23H,5,9,11,13-14H2,1H3,(H2,18,19,20);1H. The third-order valence-electron chi connectivity index (χ3n) is 3.65. The highest BCUT2D eigenvalue weighted by atomic mass is 127. The van der Waals surface area contributed by atoms with Gasteiger partial charge in [0.2, 0.25) is 0 Å². The van der Waals surface area contributed by atoms with Crippen molar-refractivity contribution in [3.05, 3.63) is 54.4 Å². The first-order chi connectivity index (χ1) is 11.3. The van der Waals surface area contributed by atoms with Crippen molar-refractivity contribution in [2.75, 3.05) is 26.7 Å². The number of aliphatic hydroxyl groups is 1. The summed E-state index contributed by atoms with van der Waals surface area (Å²) in [6.07, 6.45) is 4.70. The lowest BCUT2D eigenvalue weighted by atomic mass is 10.0. The van der Waals surface area contributed by atoms with Crippen LogP contribution in [0, 0.1) is 0 Å². The molecule has 1 unspecified atom stereocenters. The molecular weight excluding hydrogens is 417 g/mol. The highest BCUT2D eigenvalue weighted by Gasteiger charge is 2.10. The third-order valence-corrected chi connectivity index (χ3v) is 3.65. The summed E-state index contributed by atoms with van der Waals surface area (Å²) in [4.78, 5) is 4.21. The van der Waals surface area contributed by atoms with Gasteiger partial charge in [-0.15, -0.1) is 24.0 Å². The minimum absolute atomic E-state index is 0. The largest absolute Gasteiger partial charge is 0.396 e. The van der Waals surface area contributed by atoms with Crippen LogP contribution in [0.1, 0.15) is 17.9 Å². The van der Waals surface area contributed by atoms with Gasteiger partial charge in [0, 0.05) is 45.0 Å². The smallest absolute Gasteiger partial charge is 0.191 e. The molecule has 1 aromatic heterocycles. The van der Waals surface area contributed by atoms with Gasteiger partial charge in [0.25, 0.3) is 0 Å². The first-order valence-electron chi connectivity index (χ1n) is 7.91. The number of hydrogen-bond donors (Lipinski definition) is 3. The van der Waals surface area contributed by atoms with E-state index in [-0.39, 0.29) is 36.5 Å². The van der Waals surface area contributed by atoms with Crippen molar-refractivity contribution < 1.29 is 5.11 Å². The molecule has 0 spiro atoms. The van der Waals surface area contributed by atoms with E-state index in [1.165, 1.54) is 0 Å². The second-order valence-electron chi connectivity index (χ2n) is 5.29. The average molecular weight is 443 g/mol. The minimum Gasteiger partial charge on any atom is -0.396 e. The number of guanidine groups is 1. The second-order valence-corrected chi connectivity index (χ2v) is 5.29. The van der Waals surface area contributed by atoms with Crippen LogP contribution in [0.15, 0.2) is 53.8 Å². The summed E-state index contributed by atoms with van der Waals surface area (Å²) in [5.41, 5.74) is 1.12. The Morgan fingerprint density at radius 2 is 2.04 bits per heavy atom. The number of hydrogen-bond acceptors (Lipinski definition) is 3. The van der Waals surface area contributed by atoms with Crippen LogP contribution in [-0.2, 0) is 6.54 Å². The van der Waals surface area contributed by atoms with Crippen molar-refractivity contribution in [3.8, 4) is 0 Å². The van der Waals surface area contributed by atoms with E-state index in [9.17, 15) is 5.11 Å². The molecule has 0 aliphatic heterocycles. The first kappa shape index (κ1) is 20.4. The van der Waals surface area contributed by atoms with Crippen LogP contribution in [0.5, 0.6) is 0 Å². The maximum absolute atomic E-state index is 9.57. The molecule has 0 saturated heterocycles. The first-order valence-corrected chi connectivity index (χ1v) is 7.91. The molecule has 0 amide bonds. The molecule has 0 aliphatic rings. The van der Waals surface area contributed by atoms with Gasteiger partial charge in [0.1, 0.15) is 0 Å². The molecule has 2 rings (SSSR count). The summed E-state index contributed by atoms with van der Waals surface area (Å²) in [6, 6.07) is 11.9. The van der Waals surface area contributed by atoms with E-state index in [0.717, 1.165) is 31.0 Å². The predicted molar refractivity (Wildman–Crippen MR) is 108 cm³/mol. The molecule has 1 aromatic carbocycles. The summed E-state index contributed by atoms with van der Waals surface area (Å²) in [5.74, 6) is 0.804. The van der Waals surface area contributed by atoms with Crippen molar-refractivity contribution in [1.82, 2.24) is 20.4 Å². The quantitative estimate of drug-likeness (QED) is 0.252. The summed E-state index contributed by atoms with van der Waals surface area (Å²) in [5, 5.41) is 20.3. The Labute approximate surface area is 160 Å². The molecule has 132 valence electrons. The summed E-state index contributed by atoms with van der Waals surface area (Å²) >= 11 is 0. The molecular formula is C17H26IN5O. The molecule has 6 nitrogen and oxygen atoms in total. The van der Waals surface area contributed by atoms with Gasteiger partial charge in [-0.3, -0.25) is 9.67 Å². The normalized spacial score (nSPS) is 12.3. The zero-order valence-corrected chi connectivity index (χ0v) is 16.3. The summed E-state index contributed by atoms with van der Waals surface area (Å²) < 4.78 is 1.91. The topological polar surface area (TPSA) is 74.5 Å². The van der Waals surface area contributed by atoms with E-state index < -0.39 is 0 Å². The summed E-state index contributed by atoms with van der Waals surface area (Å²) in [6.45, 7) is 2.43. The van der Waals surface area contributed by atoms with Crippen LogP contribution in [0.2, 0.25) is 0 Å². The van der Waals surface area contributed by atoms with Gasteiger partial charge in [-0.05, 0) is 18.1 Å². The lowest BCUT2D eigenvalue weighted by molar-refractivity contribution is 0.265. The minimum atomic E-state index is 0. The van der Waals surface area contributed by atoms with Crippen LogP contribution in [0.3, 0.4) is 0 Å². The fourth-order valence-electron chi connectivity index (χ4n) is 2.33. The zero-order chi connectivity index (χ0) is 16.3. The van der Waals surface area contributed by atoms with Gasteiger partial charge in [-0.2, -0.15) is 5.10 Å². The highest BCUT2D eigenvalue weighted by Crippen LogP contribution is 2.13. The van der Waals surface area contributed by atoms with Crippen LogP contribution in [-0.4, -0.2) is 47.6 Å². The average Bonchev–Trinajstić information content (AvgIpc) is 3.11. The fraction of sp³-hybridized carbons (Fsp3) is 0.412. The molecule has 0 saturated carbocycles. The van der Waals surface area contributed by atoms with Gasteiger partial charge in [-0.1, -0.05) is 30.3 Å². The Hall–Kier alpha value is -1.61. The molecule has 1 heterocycles. The van der Waals surface area contributed by atoms with Gasteiger partial charge in [-0.25, -0.2) is 0 Å². The van der Waals surface area contributed by atoms with E-state index in [1.54, 1.807) is 13.2 Å². The van der Waals surface area contributed by atoms with E-state index in [0.29, 0.717) is 6.54 Å². The van der Waals surface area contributed by atoms with E-state index in [2.05, 4.69) is 20.7 Å². The van der Waals surface area contributed by atoms with Crippen molar-refractivity contribution >= 4 is 29.9 Å². The monoisotopic (exact) mass is 443 g/mol. The Morgan fingerprint density at radius 1 is 1.25 bits per heavy atom. The summed E-state index contributed by atoms with van der Waals surface area (Å²) in [7, 11) is 1.75. The van der Waals surface area contributed by atoms with Gasteiger partial charge in [0.15, 0.2) is 5.96 Å². The van der Waals surface area contributed by atoms with Gasteiger partial charge >= 0.3 is 0 Å². The molecule has 0 fully saturated rings. The number of aliphatic hydroxyl groups excluding tert-OH is 1. The molecule has 3 N–H and O–H groups in total. The molecule has 24 heavy (non-hydrogen) atoms. The molecule has 7 heteroatoms. The lowest BCUT2D eigenvalue weighted by Gasteiger charge is -2.18. The lowest BCUT2D eigenvalue weighted by Crippen LogP contribution is -2.40. The number of nitrogens with zero attached hydrogens (tertiary/aromatic N) is 3. The van der Waals surface area contributed by atoms with Crippen LogP contribution >= 0.6 is 24.0 Å². The predicted octanol–water partition coefficient (Wildman–Crippen LogP) is 1.83. The third kappa shape index (κ3) is 6.88. The molecule has 2 aromatic rings. The number of aromatic nitrogens is 2. The van der Waals surface area contributed by atoms with Crippen LogP contribution < -0.4 is 10.6 Å². The Bertz CT molecular complexity index is 574. The molecule has 0 aliphatic carbocycles. The van der Waals surface area contributed by atoms with Crippen molar-refractivity contribution in [2.24, 2.45) is 4.99 Å². The number of benzene rings is 1. The number of nitrogens with one attached hydrogen (secondary N) is 2. The zero-order valence-electron chi connectivity index (χ0n) is 13.9. The molecule has 1 atom stereocenters. The number of rotatable bonds is 8. The number of halogens is 1. The number of aliphatic imine (C=N–C) groups is 1. The Balaban J connectivity index is 0.00000288. The second kappa shape index (κ2) is 11.9. The van der Waals surface area contributed by atoms with Crippen molar-refractivity contribution in [3.63, 3.8) is 0 Å². The molecule has 0 radical (unpaired) electrons. The van der Waals surface area contributed by atoms with E-state index >= 15 is 0 Å².